The molecule has 1 aliphatic heterocycles. The number of nitrogens with two attached hydrogens (primary N) is 1. The van der Waals surface area contributed by atoms with Crippen LogP contribution in [0, 0.1) is 0 Å². The summed E-state index contributed by atoms with van der Waals surface area (Å²) in [5.41, 5.74) is 5.59. The fourth-order valence-electron chi connectivity index (χ4n) is 2.05. The van der Waals surface area contributed by atoms with Crippen molar-refractivity contribution in [1.82, 2.24) is 14.8 Å². The maximum atomic E-state index is 5.59. The molecule has 2 N–H and O–H groups in total. The normalized spacial score (nSPS) is 21.1. The first kappa shape index (κ1) is 10.6. The van der Waals surface area contributed by atoms with Gasteiger partial charge in [0.15, 0.2) is 0 Å². The third kappa shape index (κ3) is 2.18. The summed E-state index contributed by atoms with van der Waals surface area (Å²) in [6.45, 7) is 4.30. The molecule has 1 aromatic rings. The number of rotatable bonds is 4. The predicted molar refractivity (Wildman–Crippen MR) is 56.3 cm³/mol. The van der Waals surface area contributed by atoms with Crippen molar-refractivity contribution in [2.75, 3.05) is 6.61 Å². The molecule has 0 aliphatic carbocycles. The summed E-state index contributed by atoms with van der Waals surface area (Å²) in [7, 11) is 0. The standard InChI is InChI=1S/C10H18N4O/c1-2-14-9(12-13-10(14)7-11)6-8-4-3-5-15-8/h8H,2-7,11H2,1H3. The average molecular weight is 210 g/mol. The Kier molecular flexibility index (Phi) is 3.33. The maximum Gasteiger partial charge on any atom is 0.146 e. The Morgan fingerprint density at radius 2 is 2.27 bits per heavy atom. The Labute approximate surface area is 89.6 Å². The average Bonchev–Trinajstić information content (AvgIpc) is 2.87. The van der Waals surface area contributed by atoms with Crippen LogP contribution in [0.2, 0.25) is 0 Å². The van der Waals surface area contributed by atoms with Gasteiger partial charge >= 0.3 is 0 Å². The minimum atomic E-state index is 0.324. The monoisotopic (exact) mass is 210 g/mol. The van der Waals surface area contributed by atoms with Crippen molar-refractivity contribution in [2.45, 2.75) is 45.4 Å². The summed E-state index contributed by atoms with van der Waals surface area (Å²) in [5.74, 6) is 1.87. The van der Waals surface area contributed by atoms with Crippen LogP contribution in [0.5, 0.6) is 0 Å². The topological polar surface area (TPSA) is 66.0 Å². The van der Waals surface area contributed by atoms with Crippen LogP contribution in [0.3, 0.4) is 0 Å². The zero-order valence-corrected chi connectivity index (χ0v) is 9.15. The van der Waals surface area contributed by atoms with Crippen LogP contribution in [0.4, 0.5) is 0 Å². The number of ether oxygens (including phenoxy) is 1. The van der Waals surface area contributed by atoms with Gasteiger partial charge in [-0.05, 0) is 19.8 Å². The lowest BCUT2D eigenvalue weighted by molar-refractivity contribution is 0.109. The number of hydrogen-bond donors (Lipinski definition) is 1. The SMILES string of the molecule is CCn1c(CN)nnc1CC1CCCO1. The largest absolute Gasteiger partial charge is 0.378 e. The molecule has 0 saturated carbocycles. The lowest BCUT2D eigenvalue weighted by atomic mass is 10.2. The maximum absolute atomic E-state index is 5.59. The van der Waals surface area contributed by atoms with E-state index in [9.17, 15) is 0 Å². The van der Waals surface area contributed by atoms with Crippen LogP contribution < -0.4 is 5.73 Å². The molecule has 1 saturated heterocycles. The zero-order valence-electron chi connectivity index (χ0n) is 9.15. The summed E-state index contributed by atoms with van der Waals surface area (Å²) in [6.07, 6.45) is 3.48. The van der Waals surface area contributed by atoms with E-state index in [-0.39, 0.29) is 0 Å². The van der Waals surface area contributed by atoms with Gasteiger partial charge in [-0.1, -0.05) is 0 Å². The molecule has 1 fully saturated rings. The second kappa shape index (κ2) is 4.72. The quantitative estimate of drug-likeness (QED) is 0.785. The highest BCUT2D eigenvalue weighted by atomic mass is 16.5. The minimum absolute atomic E-state index is 0.324. The minimum Gasteiger partial charge on any atom is -0.378 e. The smallest absolute Gasteiger partial charge is 0.146 e. The van der Waals surface area contributed by atoms with Crippen molar-refractivity contribution in [3.63, 3.8) is 0 Å². The first-order valence-electron chi connectivity index (χ1n) is 5.57. The predicted octanol–water partition coefficient (Wildman–Crippen LogP) is 0.478. The van der Waals surface area contributed by atoms with Gasteiger partial charge in [0, 0.05) is 19.6 Å². The molecule has 1 aliphatic rings. The van der Waals surface area contributed by atoms with E-state index in [0.29, 0.717) is 12.6 Å². The number of nitrogens with zero attached hydrogens (tertiary/aromatic N) is 3. The fourth-order valence-corrected chi connectivity index (χ4v) is 2.05. The van der Waals surface area contributed by atoms with Crippen LogP contribution in [-0.2, 0) is 24.2 Å². The van der Waals surface area contributed by atoms with Crippen LogP contribution in [0.25, 0.3) is 0 Å². The number of aromatic nitrogens is 3. The fraction of sp³-hybridized carbons (Fsp3) is 0.800. The molecule has 0 radical (unpaired) electrons. The summed E-state index contributed by atoms with van der Waals surface area (Å²) in [5, 5.41) is 8.25. The molecule has 0 spiro atoms. The third-order valence-electron chi connectivity index (χ3n) is 2.84. The summed E-state index contributed by atoms with van der Waals surface area (Å²) >= 11 is 0. The van der Waals surface area contributed by atoms with Crippen LogP contribution >= 0.6 is 0 Å². The van der Waals surface area contributed by atoms with Gasteiger partial charge in [-0.15, -0.1) is 10.2 Å². The summed E-state index contributed by atoms with van der Waals surface area (Å²) in [4.78, 5) is 0. The van der Waals surface area contributed by atoms with E-state index >= 15 is 0 Å². The van der Waals surface area contributed by atoms with E-state index in [2.05, 4.69) is 21.7 Å². The Balaban J connectivity index is 2.09. The highest BCUT2D eigenvalue weighted by Crippen LogP contribution is 2.16. The van der Waals surface area contributed by atoms with E-state index in [1.54, 1.807) is 0 Å². The molecular weight excluding hydrogens is 192 g/mol. The van der Waals surface area contributed by atoms with E-state index in [1.165, 1.54) is 0 Å². The van der Waals surface area contributed by atoms with E-state index in [1.807, 2.05) is 0 Å². The molecule has 84 valence electrons. The van der Waals surface area contributed by atoms with Gasteiger partial charge in [0.1, 0.15) is 11.6 Å². The summed E-state index contributed by atoms with van der Waals surface area (Å²) < 4.78 is 7.67. The molecule has 1 aromatic heterocycles. The molecular formula is C10H18N4O. The van der Waals surface area contributed by atoms with Gasteiger partial charge in [-0.3, -0.25) is 0 Å². The van der Waals surface area contributed by atoms with Gasteiger partial charge in [-0.2, -0.15) is 0 Å². The van der Waals surface area contributed by atoms with Gasteiger partial charge in [0.25, 0.3) is 0 Å². The Morgan fingerprint density at radius 3 is 2.87 bits per heavy atom. The van der Waals surface area contributed by atoms with Gasteiger partial charge in [-0.25, -0.2) is 0 Å². The first-order valence-corrected chi connectivity index (χ1v) is 5.57. The van der Waals surface area contributed by atoms with E-state index < -0.39 is 0 Å². The van der Waals surface area contributed by atoms with E-state index in [4.69, 9.17) is 10.5 Å². The highest BCUT2D eigenvalue weighted by molar-refractivity contribution is 4.97. The van der Waals surface area contributed by atoms with E-state index in [0.717, 1.165) is 44.1 Å². The van der Waals surface area contributed by atoms with Crippen molar-refractivity contribution < 1.29 is 4.74 Å². The van der Waals surface area contributed by atoms with Crippen LogP contribution in [-0.4, -0.2) is 27.5 Å². The van der Waals surface area contributed by atoms with Gasteiger partial charge in [0.2, 0.25) is 0 Å². The summed E-state index contributed by atoms with van der Waals surface area (Å²) in [6, 6.07) is 0. The van der Waals surface area contributed by atoms with Crippen molar-refractivity contribution in [1.29, 1.82) is 0 Å². The molecule has 0 amide bonds. The van der Waals surface area contributed by atoms with Crippen molar-refractivity contribution in [3.05, 3.63) is 11.6 Å². The highest BCUT2D eigenvalue weighted by Gasteiger charge is 2.19. The van der Waals surface area contributed by atoms with Gasteiger partial charge < -0.3 is 15.0 Å². The van der Waals surface area contributed by atoms with Crippen molar-refractivity contribution in [3.8, 4) is 0 Å². The lowest BCUT2D eigenvalue weighted by Crippen LogP contribution is -2.15. The second-order valence-electron chi connectivity index (χ2n) is 3.82. The molecule has 2 heterocycles. The zero-order chi connectivity index (χ0) is 10.7. The molecule has 0 aromatic carbocycles. The van der Waals surface area contributed by atoms with Crippen molar-refractivity contribution >= 4 is 0 Å². The third-order valence-corrected chi connectivity index (χ3v) is 2.84. The Morgan fingerprint density at radius 1 is 1.47 bits per heavy atom. The molecule has 1 unspecified atom stereocenters. The molecule has 5 nitrogen and oxygen atoms in total. The molecule has 5 heteroatoms. The number of hydrogen-bond acceptors (Lipinski definition) is 4. The Bertz CT molecular complexity index is 317. The van der Waals surface area contributed by atoms with Crippen molar-refractivity contribution in [2.24, 2.45) is 5.73 Å². The molecule has 15 heavy (non-hydrogen) atoms. The molecule has 0 bridgehead atoms. The van der Waals surface area contributed by atoms with Gasteiger partial charge in [0.05, 0.1) is 12.6 Å². The first-order chi connectivity index (χ1) is 7.35. The molecule has 2 rings (SSSR count). The van der Waals surface area contributed by atoms with Crippen LogP contribution in [0.1, 0.15) is 31.4 Å². The second-order valence-corrected chi connectivity index (χ2v) is 3.82. The lowest BCUT2D eigenvalue weighted by Gasteiger charge is -2.10. The molecule has 1 atom stereocenters. The Hall–Kier alpha value is -0.940. The van der Waals surface area contributed by atoms with Crippen LogP contribution in [0.15, 0.2) is 0 Å².